The van der Waals surface area contributed by atoms with Gasteiger partial charge in [-0.2, -0.15) is 0 Å². The number of carbonyl (C=O) groups is 1. The van der Waals surface area contributed by atoms with Crippen molar-refractivity contribution in [2.45, 2.75) is 70.8 Å². The molecule has 154 valence electrons. The van der Waals surface area contributed by atoms with Gasteiger partial charge in [0.25, 0.3) is 0 Å². The molecule has 1 amide bonds. The normalized spacial score (nSPS) is 23.1. The number of ether oxygens (including phenoxy) is 1. The van der Waals surface area contributed by atoms with Gasteiger partial charge in [-0.05, 0) is 51.4 Å². The van der Waals surface area contributed by atoms with Gasteiger partial charge in [0.2, 0.25) is 5.91 Å². The molecule has 0 unspecified atom stereocenters. The zero-order chi connectivity index (χ0) is 19.5. The van der Waals surface area contributed by atoms with Crippen molar-refractivity contribution >= 4 is 11.7 Å². The molecule has 28 heavy (non-hydrogen) atoms. The molecule has 1 aliphatic carbocycles. The second-order valence-electron chi connectivity index (χ2n) is 8.70. The third-order valence-corrected chi connectivity index (χ3v) is 6.71. The molecule has 6 nitrogen and oxygen atoms in total. The van der Waals surface area contributed by atoms with Gasteiger partial charge in [0.15, 0.2) is 5.82 Å². The number of aryl methyl sites for hydroxylation is 1. The van der Waals surface area contributed by atoms with Gasteiger partial charge in [0.05, 0.1) is 6.04 Å². The van der Waals surface area contributed by atoms with Gasteiger partial charge in [-0.15, -0.1) is 0 Å². The standard InChI is InChI=1S/C22H34N4O2/c1-16-18-10-6-12-25(14-17-8-4-3-5-9-17)22(18)24-21(23-16)19-11-7-13-26(19)20(27)15-28-2/h17,19H,3-15H2,1-2H3/t19-/m1/s1. The van der Waals surface area contributed by atoms with E-state index in [1.165, 1.54) is 44.1 Å². The molecule has 0 aromatic carbocycles. The molecule has 0 radical (unpaired) electrons. The maximum atomic E-state index is 12.5. The highest BCUT2D eigenvalue weighted by Gasteiger charge is 2.34. The van der Waals surface area contributed by atoms with Crippen LogP contribution in [0.3, 0.4) is 0 Å². The van der Waals surface area contributed by atoms with E-state index in [4.69, 9.17) is 14.7 Å². The fourth-order valence-corrected chi connectivity index (χ4v) is 5.26. The van der Waals surface area contributed by atoms with Crippen LogP contribution in [0.5, 0.6) is 0 Å². The van der Waals surface area contributed by atoms with E-state index in [9.17, 15) is 4.79 Å². The lowest BCUT2D eigenvalue weighted by Crippen LogP contribution is -2.37. The summed E-state index contributed by atoms with van der Waals surface area (Å²) in [6.07, 6.45) is 11.0. The van der Waals surface area contributed by atoms with Gasteiger partial charge in [-0.1, -0.05) is 19.3 Å². The molecule has 0 bridgehead atoms. The van der Waals surface area contributed by atoms with Crippen molar-refractivity contribution in [3.8, 4) is 0 Å². The predicted octanol–water partition coefficient (Wildman–Crippen LogP) is 3.43. The number of anilines is 1. The first-order valence-electron chi connectivity index (χ1n) is 11.1. The number of likely N-dealkylation sites (tertiary alicyclic amines) is 1. The number of nitrogens with zero attached hydrogens (tertiary/aromatic N) is 4. The molecule has 1 aromatic heterocycles. The number of hydrogen-bond donors (Lipinski definition) is 0. The Labute approximate surface area is 168 Å². The second kappa shape index (κ2) is 8.76. The number of amides is 1. The SMILES string of the molecule is COCC(=O)N1CCC[C@@H]1c1nc(C)c2c(n1)N(CC1CCCCC1)CCC2. The smallest absolute Gasteiger partial charge is 0.249 e. The average Bonchev–Trinajstić information content (AvgIpc) is 3.19. The number of aromatic nitrogens is 2. The number of carbonyl (C=O) groups excluding carboxylic acids is 1. The van der Waals surface area contributed by atoms with Crippen molar-refractivity contribution in [3.63, 3.8) is 0 Å². The molecule has 0 spiro atoms. The van der Waals surface area contributed by atoms with Crippen LogP contribution < -0.4 is 4.90 Å². The Bertz CT molecular complexity index is 702. The predicted molar refractivity (Wildman–Crippen MR) is 109 cm³/mol. The van der Waals surface area contributed by atoms with E-state index in [1.807, 2.05) is 4.90 Å². The van der Waals surface area contributed by atoms with Crippen LogP contribution in [0.1, 0.15) is 74.5 Å². The maximum absolute atomic E-state index is 12.5. The van der Waals surface area contributed by atoms with Crippen LogP contribution in [0.25, 0.3) is 0 Å². The lowest BCUT2D eigenvalue weighted by atomic mass is 9.88. The first kappa shape index (κ1) is 19.6. The number of fused-ring (bicyclic) bond motifs is 1. The summed E-state index contributed by atoms with van der Waals surface area (Å²) in [5, 5.41) is 0. The van der Waals surface area contributed by atoms with Crippen LogP contribution >= 0.6 is 0 Å². The maximum Gasteiger partial charge on any atom is 0.249 e. The van der Waals surface area contributed by atoms with Gasteiger partial charge in [-0.3, -0.25) is 4.79 Å². The fourth-order valence-electron chi connectivity index (χ4n) is 5.26. The van der Waals surface area contributed by atoms with E-state index in [2.05, 4.69) is 11.8 Å². The minimum atomic E-state index is -0.00916. The third-order valence-electron chi connectivity index (χ3n) is 6.71. The van der Waals surface area contributed by atoms with E-state index in [-0.39, 0.29) is 18.6 Å². The number of hydrogen-bond acceptors (Lipinski definition) is 5. The second-order valence-corrected chi connectivity index (χ2v) is 8.70. The molecular weight excluding hydrogens is 352 g/mol. The molecule has 1 saturated heterocycles. The lowest BCUT2D eigenvalue weighted by molar-refractivity contribution is -0.136. The Hall–Kier alpha value is -1.69. The molecule has 0 N–H and O–H groups in total. The summed E-state index contributed by atoms with van der Waals surface area (Å²) in [5.41, 5.74) is 2.41. The van der Waals surface area contributed by atoms with Gasteiger partial charge in [-0.25, -0.2) is 9.97 Å². The fraction of sp³-hybridized carbons (Fsp3) is 0.773. The van der Waals surface area contributed by atoms with Crippen LogP contribution in [-0.4, -0.2) is 54.1 Å². The Kier molecular flexibility index (Phi) is 6.14. The Morgan fingerprint density at radius 3 is 2.68 bits per heavy atom. The summed E-state index contributed by atoms with van der Waals surface area (Å²) in [6, 6.07) is -0.00916. The highest BCUT2D eigenvalue weighted by molar-refractivity contribution is 5.78. The summed E-state index contributed by atoms with van der Waals surface area (Å²) in [5.74, 6) is 2.81. The average molecular weight is 387 g/mol. The van der Waals surface area contributed by atoms with Gasteiger partial charge < -0.3 is 14.5 Å². The Balaban J connectivity index is 1.59. The molecule has 3 heterocycles. The largest absolute Gasteiger partial charge is 0.375 e. The number of methoxy groups -OCH3 is 1. The van der Waals surface area contributed by atoms with E-state index in [0.29, 0.717) is 0 Å². The van der Waals surface area contributed by atoms with Crippen LogP contribution in [0.2, 0.25) is 0 Å². The first-order chi connectivity index (χ1) is 13.7. The molecule has 4 rings (SSSR count). The minimum Gasteiger partial charge on any atom is -0.375 e. The summed E-state index contributed by atoms with van der Waals surface area (Å²) in [4.78, 5) is 26.8. The molecular formula is C22H34N4O2. The Morgan fingerprint density at radius 1 is 1.07 bits per heavy atom. The van der Waals surface area contributed by atoms with E-state index in [1.54, 1.807) is 7.11 Å². The molecule has 1 saturated carbocycles. The van der Waals surface area contributed by atoms with E-state index < -0.39 is 0 Å². The highest BCUT2D eigenvalue weighted by atomic mass is 16.5. The van der Waals surface area contributed by atoms with Crippen LogP contribution in [0.15, 0.2) is 0 Å². The summed E-state index contributed by atoms with van der Waals surface area (Å²) < 4.78 is 5.08. The van der Waals surface area contributed by atoms with Gasteiger partial charge in [0.1, 0.15) is 12.4 Å². The molecule has 1 aromatic rings. The number of rotatable bonds is 5. The minimum absolute atomic E-state index is 0.00916. The Morgan fingerprint density at radius 2 is 1.89 bits per heavy atom. The van der Waals surface area contributed by atoms with Crippen molar-refractivity contribution in [2.75, 3.05) is 38.3 Å². The van der Waals surface area contributed by atoms with Crippen molar-refractivity contribution in [2.24, 2.45) is 5.92 Å². The zero-order valence-electron chi connectivity index (χ0n) is 17.5. The van der Waals surface area contributed by atoms with E-state index >= 15 is 0 Å². The quantitative estimate of drug-likeness (QED) is 0.776. The van der Waals surface area contributed by atoms with Gasteiger partial charge >= 0.3 is 0 Å². The first-order valence-corrected chi connectivity index (χ1v) is 11.1. The van der Waals surface area contributed by atoms with Crippen molar-refractivity contribution in [1.82, 2.24) is 14.9 Å². The van der Waals surface area contributed by atoms with E-state index in [0.717, 1.165) is 62.2 Å². The molecule has 2 aliphatic heterocycles. The van der Waals surface area contributed by atoms with Crippen molar-refractivity contribution in [1.29, 1.82) is 0 Å². The van der Waals surface area contributed by atoms with Crippen molar-refractivity contribution < 1.29 is 9.53 Å². The molecule has 1 atom stereocenters. The van der Waals surface area contributed by atoms with Crippen molar-refractivity contribution in [3.05, 3.63) is 17.1 Å². The zero-order valence-corrected chi connectivity index (χ0v) is 17.5. The topological polar surface area (TPSA) is 58.6 Å². The summed E-state index contributed by atoms with van der Waals surface area (Å²) in [7, 11) is 1.58. The summed E-state index contributed by atoms with van der Waals surface area (Å²) >= 11 is 0. The third kappa shape index (κ3) is 4.02. The summed E-state index contributed by atoms with van der Waals surface area (Å²) in [6.45, 7) is 5.24. The van der Waals surface area contributed by atoms with Crippen LogP contribution in [0, 0.1) is 12.8 Å². The van der Waals surface area contributed by atoms with Gasteiger partial charge in [0, 0.05) is 38.0 Å². The molecule has 3 aliphatic rings. The monoisotopic (exact) mass is 386 g/mol. The van der Waals surface area contributed by atoms with Crippen LogP contribution in [0.4, 0.5) is 5.82 Å². The highest BCUT2D eigenvalue weighted by Crippen LogP contribution is 2.35. The van der Waals surface area contributed by atoms with Crippen LogP contribution in [-0.2, 0) is 16.0 Å². The lowest BCUT2D eigenvalue weighted by Gasteiger charge is -2.35. The molecule has 6 heteroatoms. The molecule has 2 fully saturated rings.